The van der Waals surface area contributed by atoms with Gasteiger partial charge in [-0.1, -0.05) is 26.7 Å². The predicted molar refractivity (Wildman–Crippen MR) is 111 cm³/mol. The van der Waals surface area contributed by atoms with E-state index in [-0.39, 0.29) is 23.7 Å². The zero-order valence-electron chi connectivity index (χ0n) is 16.7. The molecule has 1 saturated carbocycles. The van der Waals surface area contributed by atoms with Crippen LogP contribution in [0.25, 0.3) is 0 Å². The first-order chi connectivity index (χ1) is 13.3. The van der Waals surface area contributed by atoms with E-state index in [0.717, 1.165) is 36.9 Å². The van der Waals surface area contributed by atoms with E-state index in [2.05, 4.69) is 39.7 Å². The molecule has 28 heavy (non-hydrogen) atoms. The summed E-state index contributed by atoms with van der Waals surface area (Å²) in [5, 5.41) is 14.7. The van der Waals surface area contributed by atoms with E-state index in [1.54, 1.807) is 6.07 Å². The first kappa shape index (κ1) is 20.0. The van der Waals surface area contributed by atoms with E-state index in [9.17, 15) is 4.79 Å². The first-order valence-corrected chi connectivity index (χ1v) is 9.78. The lowest BCUT2D eigenvalue weighted by Crippen LogP contribution is -2.42. The lowest BCUT2D eigenvalue weighted by molar-refractivity contribution is 0.0995. The second-order valence-electron chi connectivity index (χ2n) is 7.79. The molecule has 8 nitrogen and oxygen atoms in total. The molecule has 2 heterocycles. The SMILES string of the molecule is Cc1cc(Nc2cc(NC3CCCCC3N)nnc2C(N)=O)nc(C(C)C)c1. The third kappa shape index (κ3) is 4.75. The summed E-state index contributed by atoms with van der Waals surface area (Å²) in [7, 11) is 0. The molecule has 2 atom stereocenters. The Bertz CT molecular complexity index is 852. The van der Waals surface area contributed by atoms with Gasteiger partial charge in [0.2, 0.25) is 0 Å². The van der Waals surface area contributed by atoms with E-state index in [0.29, 0.717) is 17.3 Å². The largest absolute Gasteiger partial charge is 0.364 e. The Morgan fingerprint density at radius 1 is 1.14 bits per heavy atom. The quantitative estimate of drug-likeness (QED) is 0.603. The highest BCUT2D eigenvalue weighted by molar-refractivity contribution is 5.97. The fourth-order valence-electron chi connectivity index (χ4n) is 3.46. The third-order valence-electron chi connectivity index (χ3n) is 5.02. The van der Waals surface area contributed by atoms with Crippen LogP contribution in [0.15, 0.2) is 18.2 Å². The standard InChI is InChI=1S/C20H29N7O/c1-11(2)15-8-12(3)9-17(24-15)25-16-10-18(26-27-19(16)20(22)28)23-14-7-5-4-6-13(14)21/h8-11,13-14H,4-7,21H2,1-3H3,(H2,22,28)(H2,23,24,25,26). The van der Waals surface area contributed by atoms with Crippen LogP contribution in [-0.2, 0) is 0 Å². The summed E-state index contributed by atoms with van der Waals surface area (Å²) in [5.74, 6) is 0.843. The lowest BCUT2D eigenvalue weighted by Gasteiger charge is -2.29. The number of carbonyl (C=O) groups excluding carboxylic acids is 1. The number of hydrogen-bond donors (Lipinski definition) is 4. The number of nitrogens with two attached hydrogens (primary N) is 2. The molecular formula is C20H29N7O. The smallest absolute Gasteiger partial charge is 0.271 e. The van der Waals surface area contributed by atoms with Crippen LogP contribution in [0.2, 0.25) is 0 Å². The van der Waals surface area contributed by atoms with Gasteiger partial charge in [0.15, 0.2) is 11.5 Å². The summed E-state index contributed by atoms with van der Waals surface area (Å²) in [6.07, 6.45) is 4.26. The van der Waals surface area contributed by atoms with Crippen molar-refractivity contribution in [3.8, 4) is 0 Å². The van der Waals surface area contributed by atoms with Crippen molar-refractivity contribution in [2.75, 3.05) is 10.6 Å². The molecule has 0 aliphatic heterocycles. The molecule has 2 aromatic rings. The maximum absolute atomic E-state index is 11.8. The fraction of sp³-hybridized carbons (Fsp3) is 0.500. The van der Waals surface area contributed by atoms with Gasteiger partial charge in [-0.2, -0.15) is 0 Å². The maximum atomic E-state index is 11.8. The molecule has 0 saturated heterocycles. The molecule has 8 heteroatoms. The Hall–Kier alpha value is -2.74. The van der Waals surface area contributed by atoms with Crippen LogP contribution in [0.1, 0.15) is 67.2 Å². The van der Waals surface area contributed by atoms with Gasteiger partial charge in [0.05, 0.1) is 5.69 Å². The highest BCUT2D eigenvalue weighted by Crippen LogP contribution is 2.25. The van der Waals surface area contributed by atoms with E-state index >= 15 is 0 Å². The molecule has 0 aromatic carbocycles. The van der Waals surface area contributed by atoms with Gasteiger partial charge in [-0.3, -0.25) is 4.79 Å². The first-order valence-electron chi connectivity index (χ1n) is 9.78. The number of primary amides is 1. The fourth-order valence-corrected chi connectivity index (χ4v) is 3.46. The van der Waals surface area contributed by atoms with Gasteiger partial charge in [-0.25, -0.2) is 4.98 Å². The Labute approximate surface area is 165 Å². The van der Waals surface area contributed by atoms with Crippen LogP contribution in [0.4, 0.5) is 17.3 Å². The minimum Gasteiger partial charge on any atom is -0.364 e. The van der Waals surface area contributed by atoms with Gasteiger partial charge >= 0.3 is 0 Å². The van der Waals surface area contributed by atoms with Crippen molar-refractivity contribution in [3.05, 3.63) is 35.2 Å². The second-order valence-corrected chi connectivity index (χ2v) is 7.79. The number of pyridine rings is 1. The highest BCUT2D eigenvalue weighted by atomic mass is 16.1. The third-order valence-corrected chi connectivity index (χ3v) is 5.02. The molecule has 1 fully saturated rings. The Kier molecular flexibility index (Phi) is 6.08. The van der Waals surface area contributed by atoms with E-state index in [1.165, 1.54) is 0 Å². The number of nitrogens with zero attached hydrogens (tertiary/aromatic N) is 3. The number of aryl methyl sites for hydroxylation is 1. The molecule has 0 radical (unpaired) electrons. The molecule has 0 spiro atoms. The van der Waals surface area contributed by atoms with Crippen LogP contribution in [-0.4, -0.2) is 33.2 Å². The lowest BCUT2D eigenvalue weighted by atomic mass is 9.91. The molecule has 1 amide bonds. The maximum Gasteiger partial charge on any atom is 0.271 e. The molecule has 6 N–H and O–H groups in total. The number of nitrogens with one attached hydrogen (secondary N) is 2. The number of hydrogen-bond acceptors (Lipinski definition) is 7. The van der Waals surface area contributed by atoms with Gasteiger partial charge in [0, 0.05) is 23.8 Å². The number of anilines is 3. The Morgan fingerprint density at radius 3 is 2.57 bits per heavy atom. The van der Waals surface area contributed by atoms with Gasteiger partial charge < -0.3 is 22.1 Å². The molecule has 150 valence electrons. The summed E-state index contributed by atoms with van der Waals surface area (Å²) in [6.45, 7) is 6.18. The number of amides is 1. The van der Waals surface area contributed by atoms with Gasteiger partial charge in [-0.05, 0) is 43.4 Å². The summed E-state index contributed by atoms with van der Waals surface area (Å²) in [5.41, 5.74) is 14.3. The molecule has 1 aliphatic rings. The summed E-state index contributed by atoms with van der Waals surface area (Å²) in [6, 6.07) is 5.93. The molecule has 0 bridgehead atoms. The summed E-state index contributed by atoms with van der Waals surface area (Å²) >= 11 is 0. The van der Waals surface area contributed by atoms with Crippen molar-refractivity contribution in [3.63, 3.8) is 0 Å². The van der Waals surface area contributed by atoms with Crippen LogP contribution in [0, 0.1) is 6.92 Å². The number of aromatic nitrogens is 3. The van der Waals surface area contributed by atoms with Crippen molar-refractivity contribution < 1.29 is 4.79 Å². The van der Waals surface area contributed by atoms with Crippen molar-refractivity contribution in [2.45, 2.75) is 64.5 Å². The van der Waals surface area contributed by atoms with Crippen LogP contribution in [0.5, 0.6) is 0 Å². The highest BCUT2D eigenvalue weighted by Gasteiger charge is 2.23. The molecular weight excluding hydrogens is 354 g/mol. The summed E-state index contributed by atoms with van der Waals surface area (Å²) < 4.78 is 0. The predicted octanol–water partition coefficient (Wildman–Crippen LogP) is 2.83. The number of rotatable bonds is 6. The van der Waals surface area contributed by atoms with E-state index < -0.39 is 5.91 Å². The van der Waals surface area contributed by atoms with Crippen LogP contribution >= 0.6 is 0 Å². The van der Waals surface area contributed by atoms with E-state index in [1.807, 2.05) is 19.1 Å². The number of carbonyl (C=O) groups is 1. The second kappa shape index (κ2) is 8.52. The van der Waals surface area contributed by atoms with Crippen molar-refractivity contribution in [1.82, 2.24) is 15.2 Å². The summed E-state index contributed by atoms with van der Waals surface area (Å²) in [4.78, 5) is 16.5. The average molecular weight is 384 g/mol. The zero-order valence-corrected chi connectivity index (χ0v) is 16.7. The van der Waals surface area contributed by atoms with Gasteiger partial charge in [0.1, 0.15) is 5.82 Å². The minimum absolute atomic E-state index is 0.0768. The molecule has 2 unspecified atom stereocenters. The zero-order chi connectivity index (χ0) is 20.3. The van der Waals surface area contributed by atoms with Gasteiger partial charge in [0.25, 0.3) is 5.91 Å². The molecule has 3 rings (SSSR count). The minimum atomic E-state index is -0.646. The monoisotopic (exact) mass is 383 g/mol. The molecule has 1 aliphatic carbocycles. The van der Waals surface area contributed by atoms with E-state index in [4.69, 9.17) is 11.5 Å². The van der Waals surface area contributed by atoms with Crippen LogP contribution in [0.3, 0.4) is 0 Å². The average Bonchev–Trinajstić information content (AvgIpc) is 2.63. The van der Waals surface area contributed by atoms with Crippen LogP contribution < -0.4 is 22.1 Å². The van der Waals surface area contributed by atoms with Crippen molar-refractivity contribution in [1.29, 1.82) is 0 Å². The molecule has 2 aromatic heterocycles. The normalized spacial score (nSPS) is 19.5. The van der Waals surface area contributed by atoms with Crippen molar-refractivity contribution >= 4 is 23.2 Å². The Balaban J connectivity index is 1.89. The van der Waals surface area contributed by atoms with Crippen molar-refractivity contribution in [2.24, 2.45) is 11.5 Å². The Morgan fingerprint density at radius 2 is 1.89 bits per heavy atom. The topological polar surface area (TPSA) is 132 Å². The van der Waals surface area contributed by atoms with Gasteiger partial charge in [-0.15, -0.1) is 10.2 Å².